The van der Waals surface area contributed by atoms with E-state index in [4.69, 9.17) is 0 Å². The molecule has 3 rings (SSSR count). The lowest BCUT2D eigenvalue weighted by atomic mass is 9.87. The minimum absolute atomic E-state index is 0.146. The first kappa shape index (κ1) is 14.6. The zero-order valence-corrected chi connectivity index (χ0v) is 13.4. The molecule has 1 aliphatic carbocycles. The summed E-state index contributed by atoms with van der Waals surface area (Å²) >= 11 is 0. The van der Waals surface area contributed by atoms with Crippen molar-refractivity contribution in [1.29, 1.82) is 0 Å². The molecule has 1 radical (unpaired) electrons. The molecule has 2 aromatic carbocycles. The maximum absolute atomic E-state index is 3.47. The van der Waals surface area contributed by atoms with Gasteiger partial charge in [-0.3, -0.25) is 0 Å². The Balaban J connectivity index is 2.18. The molecular weight excluding hydrogens is 264 g/mol. The van der Waals surface area contributed by atoms with Crippen molar-refractivity contribution in [2.24, 2.45) is 5.41 Å². The van der Waals surface area contributed by atoms with Gasteiger partial charge in [0.2, 0.25) is 0 Å². The average Bonchev–Trinajstić information content (AvgIpc) is 2.99. The fourth-order valence-electron chi connectivity index (χ4n) is 2.66. The van der Waals surface area contributed by atoms with E-state index in [1.165, 1.54) is 27.8 Å². The maximum Gasteiger partial charge on any atom is -0.00325 e. The number of benzene rings is 2. The Labute approximate surface area is 133 Å². The van der Waals surface area contributed by atoms with Crippen molar-refractivity contribution in [2.75, 3.05) is 0 Å². The van der Waals surface area contributed by atoms with E-state index >= 15 is 0 Å². The molecular formula is C22H21. The lowest BCUT2D eigenvalue weighted by Crippen LogP contribution is -2.05. The Morgan fingerprint density at radius 2 is 1.27 bits per heavy atom. The summed E-state index contributed by atoms with van der Waals surface area (Å²) in [7, 11) is 0. The van der Waals surface area contributed by atoms with Crippen LogP contribution in [0.1, 0.15) is 31.9 Å². The van der Waals surface area contributed by atoms with Crippen molar-refractivity contribution in [2.45, 2.75) is 20.8 Å². The number of hydrogen-bond donors (Lipinski definition) is 0. The summed E-state index contributed by atoms with van der Waals surface area (Å²) in [5.74, 6) is 0. The summed E-state index contributed by atoms with van der Waals surface area (Å²) in [4.78, 5) is 0. The van der Waals surface area contributed by atoms with E-state index in [1.807, 2.05) is 0 Å². The van der Waals surface area contributed by atoms with Crippen LogP contribution in [0.4, 0.5) is 0 Å². The van der Waals surface area contributed by atoms with Crippen LogP contribution in [0.2, 0.25) is 0 Å². The minimum atomic E-state index is 0.146. The second-order valence-electron chi connectivity index (χ2n) is 6.66. The topological polar surface area (TPSA) is 0 Å². The van der Waals surface area contributed by atoms with Gasteiger partial charge in [-0.15, -0.1) is 0 Å². The van der Waals surface area contributed by atoms with Crippen LogP contribution in [0.5, 0.6) is 0 Å². The van der Waals surface area contributed by atoms with E-state index in [9.17, 15) is 0 Å². The van der Waals surface area contributed by atoms with Crippen molar-refractivity contribution in [1.82, 2.24) is 0 Å². The molecule has 0 aromatic heterocycles. The summed E-state index contributed by atoms with van der Waals surface area (Å²) < 4.78 is 0. The Morgan fingerprint density at radius 3 is 1.68 bits per heavy atom. The first-order chi connectivity index (χ1) is 10.6. The Hall–Kier alpha value is -2.34. The molecule has 1 aliphatic rings. The van der Waals surface area contributed by atoms with E-state index in [0.717, 1.165) is 0 Å². The molecule has 0 fully saturated rings. The van der Waals surface area contributed by atoms with Crippen LogP contribution in [-0.2, 0) is 0 Å². The SMILES string of the molecule is CC(C)(C)C1=CC(=C(c2ccccc2)c2ccccc2)[C]=C1. The Bertz CT molecular complexity index is 694. The van der Waals surface area contributed by atoms with E-state index < -0.39 is 0 Å². The molecule has 22 heavy (non-hydrogen) atoms. The molecule has 0 aliphatic heterocycles. The first-order valence-electron chi connectivity index (χ1n) is 7.73. The van der Waals surface area contributed by atoms with Gasteiger partial charge in [0.1, 0.15) is 0 Å². The molecule has 0 nitrogen and oxygen atoms in total. The Kier molecular flexibility index (Phi) is 3.85. The fourth-order valence-corrected chi connectivity index (χ4v) is 2.66. The van der Waals surface area contributed by atoms with Gasteiger partial charge in [-0.1, -0.05) is 81.4 Å². The molecule has 0 saturated heterocycles. The van der Waals surface area contributed by atoms with Gasteiger partial charge < -0.3 is 0 Å². The summed E-state index contributed by atoms with van der Waals surface area (Å²) in [6, 6.07) is 21.1. The molecule has 2 aromatic rings. The van der Waals surface area contributed by atoms with Crippen molar-refractivity contribution < 1.29 is 0 Å². The van der Waals surface area contributed by atoms with Crippen LogP contribution in [0.3, 0.4) is 0 Å². The van der Waals surface area contributed by atoms with Gasteiger partial charge in [0.05, 0.1) is 0 Å². The smallest absolute Gasteiger partial charge is 0.00325 e. The van der Waals surface area contributed by atoms with Crippen molar-refractivity contribution in [3.05, 3.63) is 101 Å². The highest BCUT2D eigenvalue weighted by molar-refractivity contribution is 5.85. The lowest BCUT2D eigenvalue weighted by Gasteiger charge is -2.18. The number of hydrogen-bond acceptors (Lipinski definition) is 0. The van der Waals surface area contributed by atoms with E-state index in [-0.39, 0.29) is 5.41 Å². The molecule has 0 atom stereocenters. The van der Waals surface area contributed by atoms with E-state index in [1.54, 1.807) is 0 Å². The van der Waals surface area contributed by atoms with Crippen LogP contribution in [0.25, 0.3) is 5.57 Å². The molecule has 0 amide bonds. The van der Waals surface area contributed by atoms with Crippen molar-refractivity contribution in [3.63, 3.8) is 0 Å². The van der Waals surface area contributed by atoms with Gasteiger partial charge in [-0.2, -0.15) is 0 Å². The minimum Gasteiger partial charge on any atom is -0.0622 e. The average molecular weight is 285 g/mol. The number of rotatable bonds is 2. The quantitative estimate of drug-likeness (QED) is 0.651. The third-order valence-corrected chi connectivity index (χ3v) is 3.94. The standard InChI is InChI=1S/C22H21/c1-22(2,3)20-15-14-19(16-20)21(17-10-6-4-7-11-17)18-12-8-5-9-13-18/h4-13,15-16H,1-3H3. The van der Waals surface area contributed by atoms with Crippen LogP contribution in [0, 0.1) is 11.5 Å². The highest BCUT2D eigenvalue weighted by atomic mass is 14.2. The van der Waals surface area contributed by atoms with Crippen LogP contribution in [0.15, 0.2) is 84.0 Å². The highest BCUT2D eigenvalue weighted by Gasteiger charge is 2.20. The summed E-state index contributed by atoms with van der Waals surface area (Å²) in [5, 5.41) is 0. The molecule has 109 valence electrons. The van der Waals surface area contributed by atoms with Gasteiger partial charge in [-0.05, 0) is 51.5 Å². The second-order valence-corrected chi connectivity index (χ2v) is 6.66. The van der Waals surface area contributed by atoms with E-state index in [0.29, 0.717) is 0 Å². The molecule has 0 saturated carbocycles. The zero-order chi connectivity index (χ0) is 15.6. The van der Waals surface area contributed by atoms with Gasteiger partial charge >= 0.3 is 0 Å². The number of allylic oxidation sites excluding steroid dienone is 5. The van der Waals surface area contributed by atoms with E-state index in [2.05, 4.69) is 99.7 Å². The highest BCUT2D eigenvalue weighted by Crippen LogP contribution is 2.36. The van der Waals surface area contributed by atoms with Gasteiger partial charge in [0.25, 0.3) is 0 Å². The fraction of sp³-hybridized carbons (Fsp3) is 0.182. The molecule has 0 N–H and O–H groups in total. The second kappa shape index (κ2) is 5.81. The lowest BCUT2D eigenvalue weighted by molar-refractivity contribution is 0.518. The van der Waals surface area contributed by atoms with Crippen molar-refractivity contribution in [3.8, 4) is 0 Å². The molecule has 0 heteroatoms. The normalized spacial score (nSPS) is 14.1. The third kappa shape index (κ3) is 2.96. The van der Waals surface area contributed by atoms with Crippen LogP contribution in [-0.4, -0.2) is 0 Å². The predicted molar refractivity (Wildman–Crippen MR) is 94.3 cm³/mol. The zero-order valence-electron chi connectivity index (χ0n) is 13.4. The van der Waals surface area contributed by atoms with Crippen molar-refractivity contribution >= 4 is 5.57 Å². The summed E-state index contributed by atoms with van der Waals surface area (Å²) in [6.07, 6.45) is 7.87. The van der Waals surface area contributed by atoms with Gasteiger partial charge in [0, 0.05) is 0 Å². The predicted octanol–water partition coefficient (Wildman–Crippen LogP) is 5.83. The maximum atomic E-state index is 3.47. The summed E-state index contributed by atoms with van der Waals surface area (Å²) in [5.41, 5.74) is 6.35. The molecule has 0 unspecified atom stereocenters. The van der Waals surface area contributed by atoms with Gasteiger partial charge in [-0.25, -0.2) is 0 Å². The molecule has 0 spiro atoms. The first-order valence-corrected chi connectivity index (χ1v) is 7.73. The summed E-state index contributed by atoms with van der Waals surface area (Å²) in [6.45, 7) is 6.72. The molecule has 0 bridgehead atoms. The monoisotopic (exact) mass is 285 g/mol. The van der Waals surface area contributed by atoms with Crippen LogP contribution < -0.4 is 0 Å². The van der Waals surface area contributed by atoms with Gasteiger partial charge in [0.15, 0.2) is 0 Å². The largest absolute Gasteiger partial charge is 0.0622 e. The third-order valence-electron chi connectivity index (χ3n) is 3.94. The Morgan fingerprint density at radius 1 is 0.773 bits per heavy atom. The molecule has 0 heterocycles. The van der Waals surface area contributed by atoms with Crippen LogP contribution >= 0.6 is 0 Å².